The molecule has 1 fully saturated rings. The van der Waals surface area contributed by atoms with Crippen LogP contribution in [0.3, 0.4) is 0 Å². The molecule has 4 nitrogen and oxygen atoms in total. The average Bonchev–Trinajstić information content (AvgIpc) is 2.48. The Kier molecular flexibility index (Phi) is 3.76. The molecule has 2 aliphatic heterocycles. The molecule has 4 heteroatoms. The summed E-state index contributed by atoms with van der Waals surface area (Å²) >= 11 is 0. The Hall–Kier alpha value is -1.39. The zero-order valence-corrected chi connectivity index (χ0v) is 12.1. The molecule has 20 heavy (non-hydrogen) atoms. The molecular formula is C16H22N2O2. The fourth-order valence-corrected chi connectivity index (χ4v) is 3.04. The Morgan fingerprint density at radius 1 is 1.30 bits per heavy atom. The fourth-order valence-electron chi connectivity index (χ4n) is 3.04. The third kappa shape index (κ3) is 2.58. The normalized spacial score (nSPS) is 29.9. The minimum absolute atomic E-state index is 0.0994. The Labute approximate surface area is 120 Å². The first-order chi connectivity index (χ1) is 9.65. The third-order valence-corrected chi connectivity index (χ3v) is 4.27. The number of nitrogens with zero attached hydrogens (tertiary/aromatic N) is 1. The summed E-state index contributed by atoms with van der Waals surface area (Å²) in [5, 5.41) is 3.38. The van der Waals surface area contributed by atoms with E-state index in [1.54, 1.807) is 0 Å². The first-order valence-electron chi connectivity index (χ1n) is 7.37. The lowest BCUT2D eigenvalue weighted by Gasteiger charge is -2.39. The van der Waals surface area contributed by atoms with E-state index in [1.807, 2.05) is 24.0 Å². The molecule has 0 spiro atoms. The first kappa shape index (κ1) is 13.6. The molecule has 1 amide bonds. The van der Waals surface area contributed by atoms with Gasteiger partial charge >= 0.3 is 0 Å². The monoisotopic (exact) mass is 274 g/mol. The molecule has 0 radical (unpaired) electrons. The summed E-state index contributed by atoms with van der Waals surface area (Å²) in [6, 6.07) is 8.42. The van der Waals surface area contributed by atoms with E-state index in [1.165, 1.54) is 11.1 Å². The van der Waals surface area contributed by atoms with Gasteiger partial charge in [0.1, 0.15) is 0 Å². The zero-order chi connectivity index (χ0) is 14.1. The van der Waals surface area contributed by atoms with Gasteiger partial charge in [0.15, 0.2) is 0 Å². The Balaban J connectivity index is 1.72. The summed E-state index contributed by atoms with van der Waals surface area (Å²) in [7, 11) is 0. The number of morpholine rings is 1. The van der Waals surface area contributed by atoms with Crippen molar-refractivity contribution < 1.29 is 9.53 Å². The molecule has 2 heterocycles. The number of rotatable bonds is 1. The van der Waals surface area contributed by atoms with Crippen LogP contribution in [-0.2, 0) is 22.5 Å². The molecule has 2 aliphatic rings. The van der Waals surface area contributed by atoms with Crippen LogP contribution in [0, 0.1) is 0 Å². The molecule has 3 rings (SSSR count). The molecule has 3 atom stereocenters. The van der Waals surface area contributed by atoms with Crippen LogP contribution in [0.4, 0.5) is 0 Å². The summed E-state index contributed by atoms with van der Waals surface area (Å²) in [5.74, 6) is 0.210. The Morgan fingerprint density at radius 2 is 2.05 bits per heavy atom. The minimum atomic E-state index is -0.0994. The van der Waals surface area contributed by atoms with Crippen molar-refractivity contribution in [3.63, 3.8) is 0 Å². The number of hydrogen-bond acceptors (Lipinski definition) is 3. The van der Waals surface area contributed by atoms with Crippen molar-refractivity contribution in [1.29, 1.82) is 0 Å². The van der Waals surface area contributed by atoms with E-state index in [0.29, 0.717) is 13.2 Å². The number of ether oxygens (including phenoxy) is 1. The lowest BCUT2D eigenvalue weighted by Crippen LogP contribution is -2.57. The van der Waals surface area contributed by atoms with Crippen LogP contribution in [0.25, 0.3) is 0 Å². The molecule has 0 aliphatic carbocycles. The average molecular weight is 274 g/mol. The highest BCUT2D eigenvalue weighted by Gasteiger charge is 2.33. The molecular weight excluding hydrogens is 252 g/mol. The largest absolute Gasteiger partial charge is 0.375 e. The van der Waals surface area contributed by atoms with Crippen LogP contribution in [0.2, 0.25) is 0 Å². The Bertz CT molecular complexity index is 503. The molecule has 0 aromatic heterocycles. The maximum atomic E-state index is 12.7. The predicted octanol–water partition coefficient (Wildman–Crippen LogP) is 1.34. The van der Waals surface area contributed by atoms with E-state index >= 15 is 0 Å². The SMILES string of the molecule is CC1CN(C(=O)C2Cc3ccccc3CN2)C(C)CO1. The first-order valence-corrected chi connectivity index (χ1v) is 7.37. The molecule has 3 unspecified atom stereocenters. The second kappa shape index (κ2) is 5.54. The lowest BCUT2D eigenvalue weighted by molar-refractivity contribution is -0.145. The second-order valence-corrected chi connectivity index (χ2v) is 5.89. The van der Waals surface area contributed by atoms with Crippen LogP contribution in [0.15, 0.2) is 24.3 Å². The number of carbonyl (C=O) groups is 1. The maximum Gasteiger partial charge on any atom is 0.240 e. The Morgan fingerprint density at radius 3 is 2.85 bits per heavy atom. The van der Waals surface area contributed by atoms with Gasteiger partial charge in [0, 0.05) is 13.1 Å². The standard InChI is InChI=1S/C16H22N2O2/c1-11-10-20-12(2)9-18(11)16(19)15-7-13-5-3-4-6-14(13)8-17-15/h3-6,11-12,15,17H,7-10H2,1-2H3. The van der Waals surface area contributed by atoms with Gasteiger partial charge in [0.25, 0.3) is 0 Å². The predicted molar refractivity (Wildman–Crippen MR) is 77.4 cm³/mol. The van der Waals surface area contributed by atoms with Gasteiger partial charge in [-0.1, -0.05) is 24.3 Å². The lowest BCUT2D eigenvalue weighted by atomic mass is 9.94. The maximum absolute atomic E-state index is 12.7. The second-order valence-electron chi connectivity index (χ2n) is 5.89. The van der Waals surface area contributed by atoms with Gasteiger partial charge in [0.2, 0.25) is 5.91 Å². The van der Waals surface area contributed by atoms with E-state index in [0.717, 1.165) is 13.0 Å². The van der Waals surface area contributed by atoms with Crippen LogP contribution in [-0.4, -0.2) is 42.1 Å². The molecule has 0 bridgehead atoms. The highest BCUT2D eigenvalue weighted by Crippen LogP contribution is 2.19. The fraction of sp³-hybridized carbons (Fsp3) is 0.562. The number of nitrogens with one attached hydrogen (secondary N) is 1. The summed E-state index contributed by atoms with van der Waals surface area (Å²) in [4.78, 5) is 14.7. The van der Waals surface area contributed by atoms with Gasteiger partial charge in [-0.05, 0) is 31.4 Å². The molecule has 108 valence electrons. The number of carbonyl (C=O) groups excluding carboxylic acids is 1. The summed E-state index contributed by atoms with van der Waals surface area (Å²) in [6.07, 6.45) is 0.916. The van der Waals surface area contributed by atoms with Crippen LogP contribution in [0.1, 0.15) is 25.0 Å². The van der Waals surface area contributed by atoms with Gasteiger partial charge in [-0.25, -0.2) is 0 Å². The van der Waals surface area contributed by atoms with Crippen molar-refractivity contribution in [3.05, 3.63) is 35.4 Å². The van der Waals surface area contributed by atoms with Gasteiger partial charge in [0.05, 0.1) is 24.8 Å². The van der Waals surface area contributed by atoms with Crippen LogP contribution in [0.5, 0.6) is 0 Å². The van der Waals surface area contributed by atoms with E-state index in [9.17, 15) is 4.79 Å². The number of hydrogen-bond donors (Lipinski definition) is 1. The van der Waals surface area contributed by atoms with Gasteiger partial charge in [-0.3, -0.25) is 4.79 Å². The molecule has 1 aromatic rings. The van der Waals surface area contributed by atoms with E-state index in [-0.39, 0.29) is 24.1 Å². The smallest absolute Gasteiger partial charge is 0.240 e. The van der Waals surface area contributed by atoms with E-state index in [2.05, 4.69) is 24.4 Å². The molecule has 0 saturated carbocycles. The third-order valence-electron chi connectivity index (χ3n) is 4.27. The topological polar surface area (TPSA) is 41.6 Å². The van der Waals surface area contributed by atoms with Crippen molar-refractivity contribution in [3.8, 4) is 0 Å². The molecule has 1 N–H and O–H groups in total. The van der Waals surface area contributed by atoms with Crippen molar-refractivity contribution in [2.45, 2.75) is 45.0 Å². The van der Waals surface area contributed by atoms with E-state index in [4.69, 9.17) is 4.74 Å². The number of amides is 1. The van der Waals surface area contributed by atoms with Crippen molar-refractivity contribution in [1.82, 2.24) is 10.2 Å². The summed E-state index contributed by atoms with van der Waals surface area (Å²) < 4.78 is 5.60. The van der Waals surface area contributed by atoms with Crippen LogP contribution < -0.4 is 5.32 Å². The molecule has 1 aromatic carbocycles. The number of fused-ring (bicyclic) bond motifs is 1. The highest BCUT2D eigenvalue weighted by molar-refractivity contribution is 5.83. The van der Waals surface area contributed by atoms with Gasteiger partial charge in [-0.15, -0.1) is 0 Å². The summed E-state index contributed by atoms with van der Waals surface area (Å²) in [6.45, 7) is 6.19. The van der Waals surface area contributed by atoms with Crippen molar-refractivity contribution in [2.75, 3.05) is 13.2 Å². The van der Waals surface area contributed by atoms with Crippen LogP contribution >= 0.6 is 0 Å². The van der Waals surface area contributed by atoms with E-state index < -0.39 is 0 Å². The minimum Gasteiger partial charge on any atom is -0.375 e. The van der Waals surface area contributed by atoms with Crippen molar-refractivity contribution in [2.24, 2.45) is 0 Å². The molecule has 1 saturated heterocycles. The van der Waals surface area contributed by atoms with Crippen molar-refractivity contribution >= 4 is 5.91 Å². The summed E-state index contributed by atoms with van der Waals surface area (Å²) in [5.41, 5.74) is 2.60. The van der Waals surface area contributed by atoms with Gasteiger partial charge < -0.3 is 15.0 Å². The highest BCUT2D eigenvalue weighted by atomic mass is 16.5. The number of benzene rings is 1. The van der Waals surface area contributed by atoms with Gasteiger partial charge in [-0.2, -0.15) is 0 Å². The quantitative estimate of drug-likeness (QED) is 0.840. The zero-order valence-electron chi connectivity index (χ0n) is 12.1.